The number of aliphatic imine (C=N–C) groups is 1. The number of amidine groups is 1. The molecule has 1 unspecified atom stereocenters. The second kappa shape index (κ2) is 8.79. The van der Waals surface area contributed by atoms with Gasteiger partial charge in [0.2, 0.25) is 9.63 Å². The highest BCUT2D eigenvalue weighted by Gasteiger charge is 2.44. The number of imide groups is 1. The highest BCUT2D eigenvalue weighted by atomic mass is 35.6. The summed E-state index contributed by atoms with van der Waals surface area (Å²) in [6.45, 7) is 0.203. The third-order valence-electron chi connectivity index (χ3n) is 3.79. The Balaban J connectivity index is 2.40. The number of rotatable bonds is 5. The Morgan fingerprint density at radius 3 is 2.48 bits per heavy atom. The number of alkyl halides is 6. The molecule has 2 rings (SSSR count). The van der Waals surface area contributed by atoms with Crippen molar-refractivity contribution in [3.05, 3.63) is 29.8 Å². The van der Waals surface area contributed by atoms with Crippen molar-refractivity contribution in [3.8, 4) is 12.3 Å². The zero-order valence-corrected chi connectivity index (χ0v) is 17.1. The van der Waals surface area contributed by atoms with E-state index in [9.17, 15) is 22.8 Å². The van der Waals surface area contributed by atoms with Crippen LogP contribution >= 0.6 is 34.8 Å². The molecule has 1 aromatic rings. The molecule has 1 fully saturated rings. The molecule has 1 N–H and O–H groups in total. The zero-order chi connectivity index (χ0) is 22.0. The van der Waals surface area contributed by atoms with E-state index in [1.54, 1.807) is 0 Å². The number of hydrogen-bond acceptors (Lipinski definition) is 4. The average molecular weight is 470 g/mol. The summed E-state index contributed by atoms with van der Waals surface area (Å²) in [4.78, 5) is 30.7. The number of carbonyl (C=O) groups is 2. The van der Waals surface area contributed by atoms with Gasteiger partial charge in [0.1, 0.15) is 6.17 Å². The molecule has 1 aliphatic rings. The Bertz CT molecular complexity index is 878. The molecule has 0 spiro atoms. The van der Waals surface area contributed by atoms with Crippen LogP contribution in [-0.2, 0) is 11.0 Å². The molecule has 1 atom stereocenters. The molecule has 0 saturated carbocycles. The fourth-order valence-electron chi connectivity index (χ4n) is 2.40. The lowest BCUT2D eigenvalue weighted by molar-refractivity contribution is -0.137. The van der Waals surface area contributed by atoms with E-state index in [4.69, 9.17) is 41.2 Å². The number of terminal acetylenes is 1. The number of benzene rings is 1. The fraction of sp³-hybridized carbons (Fsp3) is 0.353. The van der Waals surface area contributed by atoms with Crippen molar-refractivity contribution in [1.82, 2.24) is 10.2 Å². The Hall–Kier alpha value is -1.99. The van der Waals surface area contributed by atoms with E-state index in [2.05, 4.69) is 16.2 Å². The van der Waals surface area contributed by atoms with Gasteiger partial charge in [-0.2, -0.15) is 13.2 Å². The highest BCUT2D eigenvalue weighted by Crippen LogP contribution is 2.34. The normalized spacial score (nSPS) is 17.8. The molecule has 1 heterocycles. The summed E-state index contributed by atoms with van der Waals surface area (Å²) in [7, 11) is 1.23. The van der Waals surface area contributed by atoms with Crippen LogP contribution in [0.3, 0.4) is 0 Å². The van der Waals surface area contributed by atoms with Gasteiger partial charge < -0.3 is 0 Å². The zero-order valence-electron chi connectivity index (χ0n) is 14.8. The van der Waals surface area contributed by atoms with E-state index in [0.29, 0.717) is 11.0 Å². The van der Waals surface area contributed by atoms with Gasteiger partial charge in [-0.15, -0.1) is 12.3 Å². The van der Waals surface area contributed by atoms with E-state index in [1.807, 2.05) is 0 Å². The van der Waals surface area contributed by atoms with E-state index >= 15 is 0 Å². The minimum atomic E-state index is -4.65. The van der Waals surface area contributed by atoms with E-state index in [1.165, 1.54) is 13.1 Å². The van der Waals surface area contributed by atoms with Crippen molar-refractivity contribution >= 4 is 58.3 Å². The Morgan fingerprint density at radius 2 is 1.93 bits per heavy atom. The Labute approximate surface area is 179 Å². The second-order valence-electron chi connectivity index (χ2n) is 5.84. The van der Waals surface area contributed by atoms with Gasteiger partial charge in [0.15, 0.2) is 0 Å². The van der Waals surface area contributed by atoms with Crippen LogP contribution in [-0.4, -0.2) is 46.2 Å². The third-order valence-corrected chi connectivity index (χ3v) is 4.41. The Morgan fingerprint density at radius 1 is 1.28 bits per heavy atom. The maximum Gasteiger partial charge on any atom is 0.416 e. The van der Waals surface area contributed by atoms with Crippen molar-refractivity contribution < 1.29 is 22.8 Å². The van der Waals surface area contributed by atoms with Crippen LogP contribution in [0.1, 0.15) is 12.0 Å². The monoisotopic (exact) mass is 468 g/mol. The number of hydrogen-bond donors (Lipinski definition) is 1. The summed E-state index contributed by atoms with van der Waals surface area (Å²) < 4.78 is 36.9. The average Bonchev–Trinajstić information content (AvgIpc) is 2.82. The maximum atomic E-state index is 13.0. The summed E-state index contributed by atoms with van der Waals surface area (Å²) in [5.41, 5.74) is -1.28. The lowest BCUT2D eigenvalue weighted by atomic mass is 10.2. The van der Waals surface area contributed by atoms with Crippen LogP contribution in [0.4, 0.5) is 23.7 Å². The molecular weight excluding hydrogens is 456 g/mol. The molecule has 0 radical (unpaired) electrons. The van der Waals surface area contributed by atoms with Gasteiger partial charge in [-0.05, 0) is 18.2 Å². The quantitative estimate of drug-likeness (QED) is 0.309. The van der Waals surface area contributed by atoms with Crippen LogP contribution < -0.4 is 10.2 Å². The predicted molar refractivity (Wildman–Crippen MR) is 105 cm³/mol. The SMILES string of the molecule is C#CCCNC(/N=C1\C(=O)N(c2cccc(C(F)(F)F)c2)C(=O)N1C)C(Cl)(Cl)Cl. The number of anilines is 1. The van der Waals surface area contributed by atoms with Crippen molar-refractivity contribution in [1.29, 1.82) is 0 Å². The summed E-state index contributed by atoms with van der Waals surface area (Å²) >= 11 is 17.6. The van der Waals surface area contributed by atoms with Crippen molar-refractivity contribution in [2.24, 2.45) is 4.99 Å². The number of halogens is 6. The largest absolute Gasteiger partial charge is 0.416 e. The van der Waals surface area contributed by atoms with Crippen molar-refractivity contribution in [2.45, 2.75) is 22.6 Å². The molecular formula is C17H14Cl3F3N4O2. The van der Waals surface area contributed by atoms with Gasteiger partial charge in [-0.3, -0.25) is 15.0 Å². The molecule has 156 valence electrons. The first-order chi connectivity index (χ1) is 13.4. The number of nitrogens with one attached hydrogen (secondary N) is 1. The maximum absolute atomic E-state index is 13.0. The topological polar surface area (TPSA) is 65.0 Å². The standard InChI is InChI=1S/C17H14Cl3F3N4O2/c1-3-4-8-24-14(16(18,19)20)25-12-13(28)27(15(29)26(12)2)11-7-5-6-10(9-11)17(21,22)23/h1,5-7,9,14,24H,4,8H2,2H3/b25-12+. The first kappa shape index (κ1) is 23.3. The predicted octanol–water partition coefficient (Wildman–Crippen LogP) is 3.81. The van der Waals surface area contributed by atoms with Crippen molar-refractivity contribution in [3.63, 3.8) is 0 Å². The van der Waals surface area contributed by atoms with Gasteiger partial charge in [0.05, 0.1) is 11.3 Å². The lowest BCUT2D eigenvalue weighted by Gasteiger charge is -2.22. The number of carbonyl (C=O) groups excluding carboxylic acids is 2. The Kier molecular flexibility index (Phi) is 7.06. The first-order valence-electron chi connectivity index (χ1n) is 7.98. The molecule has 0 aliphatic carbocycles. The van der Waals surface area contributed by atoms with Crippen LogP contribution in [0, 0.1) is 12.3 Å². The van der Waals surface area contributed by atoms with Crippen LogP contribution in [0.2, 0.25) is 0 Å². The minimum absolute atomic E-state index is 0.203. The van der Waals surface area contributed by atoms with Gasteiger partial charge >= 0.3 is 18.1 Å². The molecule has 1 saturated heterocycles. The van der Waals surface area contributed by atoms with Gasteiger partial charge in [-0.1, -0.05) is 40.9 Å². The molecule has 12 heteroatoms. The third kappa shape index (κ3) is 5.34. The molecule has 3 amide bonds. The van der Waals surface area contributed by atoms with Gasteiger partial charge in [0.25, 0.3) is 0 Å². The molecule has 1 aliphatic heterocycles. The van der Waals surface area contributed by atoms with E-state index in [-0.39, 0.29) is 18.7 Å². The summed E-state index contributed by atoms with van der Waals surface area (Å²) in [6, 6.07) is 2.88. The van der Waals surface area contributed by atoms with Crippen LogP contribution in [0.15, 0.2) is 29.3 Å². The van der Waals surface area contributed by atoms with Crippen LogP contribution in [0.25, 0.3) is 0 Å². The molecule has 0 bridgehead atoms. The van der Waals surface area contributed by atoms with Crippen molar-refractivity contribution in [2.75, 3.05) is 18.5 Å². The van der Waals surface area contributed by atoms with Crippen LogP contribution in [0.5, 0.6) is 0 Å². The molecule has 29 heavy (non-hydrogen) atoms. The minimum Gasteiger partial charge on any atom is -0.291 e. The molecule has 6 nitrogen and oxygen atoms in total. The number of urea groups is 1. The molecule has 0 aromatic heterocycles. The molecule has 1 aromatic carbocycles. The van der Waals surface area contributed by atoms with E-state index < -0.39 is 39.5 Å². The van der Waals surface area contributed by atoms with E-state index in [0.717, 1.165) is 17.0 Å². The first-order valence-corrected chi connectivity index (χ1v) is 9.12. The summed E-state index contributed by atoms with van der Waals surface area (Å²) in [6.07, 6.45) is -0.451. The summed E-state index contributed by atoms with van der Waals surface area (Å²) in [5.74, 6) is 0.998. The summed E-state index contributed by atoms with van der Waals surface area (Å²) in [5, 5.41) is 2.74. The second-order valence-corrected chi connectivity index (χ2v) is 8.20. The smallest absolute Gasteiger partial charge is 0.291 e. The van der Waals surface area contributed by atoms with Gasteiger partial charge in [-0.25, -0.2) is 14.7 Å². The lowest BCUT2D eigenvalue weighted by Crippen LogP contribution is -2.42. The highest BCUT2D eigenvalue weighted by molar-refractivity contribution is 6.68. The fourth-order valence-corrected chi connectivity index (χ4v) is 2.78. The van der Waals surface area contributed by atoms with Gasteiger partial charge in [0, 0.05) is 20.0 Å². The number of likely N-dealkylation sites (N-methyl/N-ethyl adjacent to an activating group) is 1. The number of amides is 3. The number of nitrogens with zero attached hydrogens (tertiary/aromatic N) is 3.